The zero-order chi connectivity index (χ0) is 17.3. The molecule has 0 radical (unpaired) electrons. The summed E-state index contributed by atoms with van der Waals surface area (Å²) in [6, 6.07) is 0. The first kappa shape index (κ1) is 19.9. The van der Waals surface area contributed by atoms with Gasteiger partial charge in [0.2, 0.25) is 11.8 Å². The zero-order valence-corrected chi connectivity index (χ0v) is 16.4. The molecular formula is C19H32ClN3O3. The summed E-state index contributed by atoms with van der Waals surface area (Å²) in [5.74, 6) is 1.23. The van der Waals surface area contributed by atoms with Crippen LogP contribution in [-0.4, -0.2) is 74.1 Å². The number of amides is 2. The molecule has 0 spiro atoms. The largest absolute Gasteiger partial charge is 0.378 e. The second-order valence-corrected chi connectivity index (χ2v) is 8.23. The van der Waals surface area contributed by atoms with Crippen molar-refractivity contribution >= 4 is 24.2 Å². The third-order valence-corrected chi connectivity index (χ3v) is 6.92. The van der Waals surface area contributed by atoms with Gasteiger partial charge in [-0.1, -0.05) is 12.8 Å². The van der Waals surface area contributed by atoms with Crippen molar-refractivity contribution in [2.24, 2.45) is 17.3 Å². The highest BCUT2D eigenvalue weighted by Crippen LogP contribution is 2.45. The molecule has 3 heterocycles. The van der Waals surface area contributed by atoms with E-state index in [-0.39, 0.29) is 29.6 Å². The van der Waals surface area contributed by atoms with E-state index in [9.17, 15) is 9.59 Å². The molecule has 1 N–H and O–H groups in total. The Kier molecular flexibility index (Phi) is 6.46. The Bertz CT molecular complexity index is 518. The number of hydrogen-bond donors (Lipinski definition) is 1. The van der Waals surface area contributed by atoms with Gasteiger partial charge in [0.15, 0.2) is 0 Å². The Morgan fingerprint density at radius 3 is 2.42 bits per heavy atom. The normalized spacial score (nSPS) is 32.7. The van der Waals surface area contributed by atoms with E-state index >= 15 is 0 Å². The van der Waals surface area contributed by atoms with Gasteiger partial charge in [0, 0.05) is 38.6 Å². The Morgan fingerprint density at radius 1 is 0.962 bits per heavy atom. The summed E-state index contributed by atoms with van der Waals surface area (Å²) in [6.07, 6.45) is 6.29. The highest BCUT2D eigenvalue weighted by molar-refractivity contribution is 5.85. The molecule has 0 aromatic rings. The number of nitrogens with zero attached hydrogens (tertiary/aromatic N) is 2. The average molecular weight is 386 g/mol. The van der Waals surface area contributed by atoms with Crippen LogP contribution in [0.2, 0.25) is 0 Å². The first-order valence-corrected chi connectivity index (χ1v) is 10.1. The van der Waals surface area contributed by atoms with E-state index in [0.29, 0.717) is 38.1 Å². The second kappa shape index (κ2) is 8.44. The van der Waals surface area contributed by atoms with Gasteiger partial charge in [-0.2, -0.15) is 0 Å². The van der Waals surface area contributed by atoms with Crippen molar-refractivity contribution in [2.75, 3.05) is 52.5 Å². The summed E-state index contributed by atoms with van der Waals surface area (Å²) in [6.45, 7) is 6.08. The van der Waals surface area contributed by atoms with Crippen LogP contribution in [0.25, 0.3) is 0 Å². The SMILES string of the molecule is Cl.O=C(C1CCN(C(=O)[C@@]23CCCC[C@H]2CNC3)CC1)N1CCOCC1. The quantitative estimate of drug-likeness (QED) is 0.778. The molecule has 3 saturated heterocycles. The van der Waals surface area contributed by atoms with E-state index in [1.165, 1.54) is 19.3 Å². The molecule has 6 nitrogen and oxygen atoms in total. The Balaban J connectivity index is 0.00000196. The van der Waals surface area contributed by atoms with Gasteiger partial charge in [0.25, 0.3) is 0 Å². The molecule has 3 aliphatic heterocycles. The molecule has 4 fully saturated rings. The second-order valence-electron chi connectivity index (χ2n) is 8.23. The number of piperidine rings is 1. The monoisotopic (exact) mass is 385 g/mol. The van der Waals surface area contributed by atoms with Gasteiger partial charge in [0.05, 0.1) is 18.6 Å². The minimum atomic E-state index is -0.153. The molecule has 4 rings (SSSR count). The summed E-state index contributed by atoms with van der Waals surface area (Å²) in [5.41, 5.74) is -0.153. The lowest BCUT2D eigenvalue weighted by molar-refractivity contribution is -0.150. The first-order valence-electron chi connectivity index (χ1n) is 10.1. The van der Waals surface area contributed by atoms with Crippen LogP contribution in [0.5, 0.6) is 0 Å². The minimum absolute atomic E-state index is 0. The molecule has 0 unspecified atom stereocenters. The van der Waals surface area contributed by atoms with Crippen LogP contribution in [0, 0.1) is 17.3 Å². The van der Waals surface area contributed by atoms with E-state index < -0.39 is 0 Å². The Morgan fingerprint density at radius 2 is 1.69 bits per heavy atom. The molecule has 4 aliphatic rings. The van der Waals surface area contributed by atoms with Crippen LogP contribution in [0.4, 0.5) is 0 Å². The standard InChI is InChI=1S/C19H31N3O3.ClH/c23-17(21-9-11-25-12-10-21)15-4-7-22(8-5-15)18(24)19-6-2-1-3-16(19)13-20-14-19;/h15-16,20H,1-14H2;1H/t16-,19+;/m0./s1. The molecule has 0 aromatic heterocycles. The molecular weight excluding hydrogens is 354 g/mol. The number of hydrogen-bond acceptors (Lipinski definition) is 4. The van der Waals surface area contributed by atoms with Crippen molar-refractivity contribution in [3.63, 3.8) is 0 Å². The van der Waals surface area contributed by atoms with Crippen LogP contribution < -0.4 is 5.32 Å². The van der Waals surface area contributed by atoms with Crippen molar-refractivity contribution in [3.05, 3.63) is 0 Å². The van der Waals surface area contributed by atoms with Crippen molar-refractivity contribution in [2.45, 2.75) is 38.5 Å². The predicted octanol–water partition coefficient (Wildman–Crippen LogP) is 1.29. The molecule has 2 atom stereocenters. The molecule has 1 saturated carbocycles. The highest BCUT2D eigenvalue weighted by atomic mass is 35.5. The van der Waals surface area contributed by atoms with Crippen molar-refractivity contribution in [1.82, 2.24) is 15.1 Å². The molecule has 26 heavy (non-hydrogen) atoms. The van der Waals surface area contributed by atoms with E-state index in [2.05, 4.69) is 10.2 Å². The van der Waals surface area contributed by atoms with Crippen molar-refractivity contribution < 1.29 is 14.3 Å². The van der Waals surface area contributed by atoms with Crippen molar-refractivity contribution in [1.29, 1.82) is 0 Å². The third-order valence-electron chi connectivity index (χ3n) is 6.92. The van der Waals surface area contributed by atoms with Gasteiger partial charge in [-0.05, 0) is 38.1 Å². The third kappa shape index (κ3) is 3.60. The van der Waals surface area contributed by atoms with Crippen LogP contribution in [0.15, 0.2) is 0 Å². The lowest BCUT2D eigenvalue weighted by atomic mass is 9.67. The van der Waals surface area contributed by atoms with Crippen LogP contribution >= 0.6 is 12.4 Å². The Hall–Kier alpha value is -0.850. The highest BCUT2D eigenvalue weighted by Gasteiger charge is 2.51. The molecule has 0 aromatic carbocycles. The van der Waals surface area contributed by atoms with Gasteiger partial charge in [-0.15, -0.1) is 12.4 Å². The number of halogens is 1. The van der Waals surface area contributed by atoms with Gasteiger partial charge in [-0.25, -0.2) is 0 Å². The first-order chi connectivity index (χ1) is 12.2. The lowest BCUT2D eigenvalue weighted by Gasteiger charge is -2.43. The molecule has 148 valence electrons. The number of carbonyl (C=O) groups excluding carboxylic acids is 2. The maximum absolute atomic E-state index is 13.3. The number of ether oxygens (including phenoxy) is 1. The number of likely N-dealkylation sites (tertiary alicyclic amines) is 1. The fourth-order valence-corrected chi connectivity index (χ4v) is 5.35. The minimum Gasteiger partial charge on any atom is -0.378 e. The van der Waals surface area contributed by atoms with Gasteiger partial charge in [-0.3, -0.25) is 9.59 Å². The average Bonchev–Trinajstić information content (AvgIpc) is 3.13. The van der Waals surface area contributed by atoms with Crippen LogP contribution in [0.3, 0.4) is 0 Å². The van der Waals surface area contributed by atoms with E-state index in [1.807, 2.05) is 4.90 Å². The number of carbonyl (C=O) groups is 2. The summed E-state index contributed by atoms with van der Waals surface area (Å²) in [5, 5.41) is 3.47. The molecule has 0 bridgehead atoms. The van der Waals surface area contributed by atoms with Gasteiger partial charge >= 0.3 is 0 Å². The number of morpholine rings is 1. The maximum atomic E-state index is 13.3. The summed E-state index contributed by atoms with van der Waals surface area (Å²) >= 11 is 0. The number of fused-ring (bicyclic) bond motifs is 1. The van der Waals surface area contributed by atoms with E-state index in [4.69, 9.17) is 4.74 Å². The lowest BCUT2D eigenvalue weighted by Crippen LogP contribution is -2.53. The maximum Gasteiger partial charge on any atom is 0.230 e. The van der Waals surface area contributed by atoms with E-state index in [1.54, 1.807) is 0 Å². The van der Waals surface area contributed by atoms with Gasteiger partial charge < -0.3 is 19.9 Å². The smallest absolute Gasteiger partial charge is 0.230 e. The number of nitrogens with one attached hydrogen (secondary N) is 1. The van der Waals surface area contributed by atoms with E-state index in [0.717, 1.165) is 45.4 Å². The fraction of sp³-hybridized carbons (Fsp3) is 0.895. The molecule has 7 heteroatoms. The van der Waals surface area contributed by atoms with Crippen molar-refractivity contribution in [3.8, 4) is 0 Å². The van der Waals surface area contributed by atoms with Gasteiger partial charge in [0.1, 0.15) is 0 Å². The summed E-state index contributed by atoms with van der Waals surface area (Å²) in [4.78, 5) is 30.0. The predicted molar refractivity (Wildman–Crippen MR) is 101 cm³/mol. The van der Waals surface area contributed by atoms with Crippen LogP contribution in [-0.2, 0) is 14.3 Å². The summed E-state index contributed by atoms with van der Waals surface area (Å²) < 4.78 is 5.34. The fourth-order valence-electron chi connectivity index (χ4n) is 5.35. The molecule has 2 amide bonds. The Labute approximate surface area is 162 Å². The zero-order valence-electron chi connectivity index (χ0n) is 15.6. The molecule has 1 aliphatic carbocycles. The summed E-state index contributed by atoms with van der Waals surface area (Å²) in [7, 11) is 0. The van der Waals surface area contributed by atoms with Crippen LogP contribution in [0.1, 0.15) is 38.5 Å². The topological polar surface area (TPSA) is 61.9 Å². The number of rotatable bonds is 2.